The van der Waals surface area contributed by atoms with E-state index in [4.69, 9.17) is 0 Å². The van der Waals surface area contributed by atoms with E-state index in [0.717, 1.165) is 6.07 Å². The maximum Gasteiger partial charge on any atom is 0.433 e. The van der Waals surface area contributed by atoms with Crippen LogP contribution < -0.4 is 9.80 Å². The number of aromatic nitrogens is 3. The van der Waals surface area contributed by atoms with E-state index in [0.29, 0.717) is 37.4 Å². The van der Waals surface area contributed by atoms with E-state index in [-0.39, 0.29) is 17.2 Å². The maximum atomic E-state index is 13.9. The van der Waals surface area contributed by atoms with Crippen molar-refractivity contribution in [3.63, 3.8) is 0 Å². The van der Waals surface area contributed by atoms with E-state index < -0.39 is 17.7 Å². The van der Waals surface area contributed by atoms with Crippen LogP contribution in [0.2, 0.25) is 0 Å². The van der Waals surface area contributed by atoms with Crippen LogP contribution in [0.15, 0.2) is 48.8 Å². The summed E-state index contributed by atoms with van der Waals surface area (Å²) in [6, 6.07) is 10.3. The Bertz CT molecular complexity index is 1120. The van der Waals surface area contributed by atoms with Crippen LogP contribution in [0.5, 0.6) is 0 Å². The zero-order valence-corrected chi connectivity index (χ0v) is 16.1. The summed E-state index contributed by atoms with van der Waals surface area (Å²) < 4.78 is 54.2. The second-order valence-corrected chi connectivity index (χ2v) is 6.89. The minimum atomic E-state index is -4.62. The number of halogens is 4. The molecule has 0 saturated carbocycles. The summed E-state index contributed by atoms with van der Waals surface area (Å²) in [5.41, 5.74) is -0.168. The molecule has 0 unspecified atom stereocenters. The van der Waals surface area contributed by atoms with Crippen molar-refractivity contribution in [1.29, 1.82) is 5.26 Å². The second kappa shape index (κ2) is 8.18. The van der Waals surface area contributed by atoms with Crippen molar-refractivity contribution < 1.29 is 17.6 Å². The molecule has 6 nitrogen and oxygen atoms in total. The van der Waals surface area contributed by atoms with Crippen molar-refractivity contribution in [1.82, 2.24) is 15.0 Å². The van der Waals surface area contributed by atoms with E-state index in [1.54, 1.807) is 23.1 Å². The second-order valence-electron chi connectivity index (χ2n) is 6.89. The van der Waals surface area contributed by atoms with Crippen molar-refractivity contribution in [2.24, 2.45) is 0 Å². The van der Waals surface area contributed by atoms with Crippen molar-refractivity contribution in [3.05, 3.63) is 65.9 Å². The Morgan fingerprint density at radius 3 is 2.26 bits per heavy atom. The van der Waals surface area contributed by atoms with Crippen LogP contribution in [0, 0.1) is 17.1 Å². The maximum absolute atomic E-state index is 13.9. The first-order valence-electron chi connectivity index (χ1n) is 9.42. The lowest BCUT2D eigenvalue weighted by Gasteiger charge is -2.37. The Balaban J connectivity index is 1.61. The van der Waals surface area contributed by atoms with Gasteiger partial charge in [0.15, 0.2) is 11.5 Å². The number of benzene rings is 1. The molecule has 31 heavy (non-hydrogen) atoms. The quantitative estimate of drug-likeness (QED) is 0.590. The van der Waals surface area contributed by atoms with Gasteiger partial charge in [-0.2, -0.15) is 18.4 Å². The number of piperazine rings is 1. The van der Waals surface area contributed by atoms with Crippen molar-refractivity contribution in [2.45, 2.75) is 6.18 Å². The molecule has 0 radical (unpaired) electrons. The Kier molecular flexibility index (Phi) is 5.42. The van der Waals surface area contributed by atoms with E-state index in [9.17, 15) is 22.8 Å². The normalized spacial score (nSPS) is 14.4. The monoisotopic (exact) mass is 428 g/mol. The number of rotatable bonds is 3. The predicted molar refractivity (Wildman–Crippen MR) is 106 cm³/mol. The van der Waals surface area contributed by atoms with Crippen LogP contribution in [0.3, 0.4) is 0 Å². The molecule has 0 spiro atoms. The van der Waals surface area contributed by atoms with Gasteiger partial charge in [0.05, 0.1) is 5.69 Å². The van der Waals surface area contributed by atoms with Crippen LogP contribution in [0.1, 0.15) is 11.3 Å². The molecule has 0 atom stereocenters. The molecule has 10 heteroatoms. The average molecular weight is 428 g/mol. The summed E-state index contributed by atoms with van der Waals surface area (Å²) >= 11 is 0. The average Bonchev–Trinajstić information content (AvgIpc) is 2.79. The summed E-state index contributed by atoms with van der Waals surface area (Å²) in [7, 11) is 0. The van der Waals surface area contributed by atoms with Crippen LogP contribution in [-0.2, 0) is 6.18 Å². The minimum Gasteiger partial charge on any atom is -0.367 e. The molecule has 1 aliphatic rings. The zero-order chi connectivity index (χ0) is 22.0. The lowest BCUT2D eigenvalue weighted by Crippen LogP contribution is -2.47. The fourth-order valence-corrected chi connectivity index (χ4v) is 3.44. The SMILES string of the molecule is N#Cc1c(F)cccc1N1CCN(c2cc(C(F)(F)F)nc(-c3ccncc3)n2)CC1. The van der Waals surface area contributed by atoms with Crippen LogP contribution in [0.4, 0.5) is 29.1 Å². The van der Waals surface area contributed by atoms with Gasteiger partial charge in [-0.05, 0) is 24.3 Å². The summed E-state index contributed by atoms with van der Waals surface area (Å²) in [5.74, 6) is -0.477. The van der Waals surface area contributed by atoms with Crippen molar-refractivity contribution >= 4 is 11.5 Å². The highest BCUT2D eigenvalue weighted by Crippen LogP contribution is 2.32. The number of anilines is 2. The lowest BCUT2D eigenvalue weighted by atomic mass is 10.1. The molecule has 3 aromatic rings. The van der Waals surface area contributed by atoms with E-state index >= 15 is 0 Å². The van der Waals surface area contributed by atoms with Crippen molar-refractivity contribution in [3.8, 4) is 17.5 Å². The summed E-state index contributed by atoms with van der Waals surface area (Å²) in [6.45, 7) is 1.50. The zero-order valence-electron chi connectivity index (χ0n) is 16.1. The van der Waals surface area contributed by atoms with Gasteiger partial charge in [0.25, 0.3) is 0 Å². The molecule has 2 aromatic heterocycles. The Morgan fingerprint density at radius 2 is 1.61 bits per heavy atom. The number of pyridine rings is 1. The fourth-order valence-electron chi connectivity index (χ4n) is 3.44. The van der Waals surface area contributed by atoms with Gasteiger partial charge in [0.2, 0.25) is 0 Å². The molecule has 0 aliphatic carbocycles. The van der Waals surface area contributed by atoms with Gasteiger partial charge < -0.3 is 9.80 Å². The first-order chi connectivity index (χ1) is 14.9. The third kappa shape index (κ3) is 4.26. The molecule has 0 N–H and O–H groups in total. The Morgan fingerprint density at radius 1 is 0.935 bits per heavy atom. The smallest absolute Gasteiger partial charge is 0.367 e. The highest BCUT2D eigenvalue weighted by Gasteiger charge is 2.34. The summed E-state index contributed by atoms with van der Waals surface area (Å²) in [4.78, 5) is 15.5. The standard InChI is InChI=1S/C21H16F4N6/c22-16-2-1-3-17(15(16)13-26)30-8-10-31(11-9-30)19-12-18(21(23,24)25)28-20(29-19)14-4-6-27-7-5-14/h1-7,12H,8-11H2. The van der Waals surface area contributed by atoms with Gasteiger partial charge in [-0.1, -0.05) is 6.07 Å². The highest BCUT2D eigenvalue weighted by molar-refractivity contribution is 5.61. The van der Waals surface area contributed by atoms with Gasteiger partial charge in [-0.15, -0.1) is 0 Å². The predicted octanol–water partition coefficient (Wildman–Crippen LogP) is 3.89. The van der Waals surface area contributed by atoms with Crippen molar-refractivity contribution in [2.75, 3.05) is 36.0 Å². The molecule has 158 valence electrons. The number of nitrogens with zero attached hydrogens (tertiary/aromatic N) is 6. The first kappa shape index (κ1) is 20.5. The van der Waals surface area contributed by atoms with Gasteiger partial charge in [0, 0.05) is 50.2 Å². The lowest BCUT2D eigenvalue weighted by molar-refractivity contribution is -0.141. The largest absolute Gasteiger partial charge is 0.433 e. The molecule has 4 rings (SSSR count). The molecule has 1 aliphatic heterocycles. The molecular weight excluding hydrogens is 412 g/mol. The number of alkyl halides is 3. The summed E-state index contributed by atoms with van der Waals surface area (Å²) in [5, 5.41) is 9.25. The van der Waals surface area contributed by atoms with Crippen LogP contribution in [-0.4, -0.2) is 41.1 Å². The first-order valence-corrected chi connectivity index (χ1v) is 9.42. The third-order valence-corrected chi connectivity index (χ3v) is 4.99. The molecule has 1 aromatic carbocycles. The topological polar surface area (TPSA) is 68.9 Å². The van der Waals surface area contributed by atoms with E-state index in [1.807, 2.05) is 11.0 Å². The van der Waals surface area contributed by atoms with Crippen LogP contribution in [0.25, 0.3) is 11.4 Å². The molecule has 1 fully saturated rings. The van der Waals surface area contributed by atoms with Gasteiger partial charge in [-0.3, -0.25) is 4.98 Å². The van der Waals surface area contributed by atoms with E-state index in [2.05, 4.69) is 15.0 Å². The molecule has 3 heterocycles. The highest BCUT2D eigenvalue weighted by atomic mass is 19.4. The summed E-state index contributed by atoms with van der Waals surface area (Å²) in [6.07, 6.45) is -1.70. The number of hydrogen-bond donors (Lipinski definition) is 0. The third-order valence-electron chi connectivity index (χ3n) is 4.99. The fraction of sp³-hybridized carbons (Fsp3) is 0.238. The van der Waals surface area contributed by atoms with E-state index in [1.165, 1.54) is 24.5 Å². The number of nitriles is 1. The number of hydrogen-bond acceptors (Lipinski definition) is 6. The minimum absolute atomic E-state index is 0.0356. The Labute approximate surface area is 175 Å². The van der Waals surface area contributed by atoms with Crippen LogP contribution >= 0.6 is 0 Å². The Hall–Kier alpha value is -3.74. The molecule has 0 amide bonds. The van der Waals surface area contributed by atoms with Gasteiger partial charge in [0.1, 0.15) is 23.3 Å². The molecule has 0 bridgehead atoms. The van der Waals surface area contributed by atoms with Gasteiger partial charge >= 0.3 is 6.18 Å². The van der Waals surface area contributed by atoms with Gasteiger partial charge in [-0.25, -0.2) is 14.4 Å². The molecular formula is C21H16F4N6. The molecule has 1 saturated heterocycles.